The van der Waals surface area contributed by atoms with Crippen LogP contribution in [0.4, 0.5) is 16.0 Å². The molecule has 0 aliphatic carbocycles. The zero-order chi connectivity index (χ0) is 19.3. The SMILES string of the molecule is O=C(NCc1ccco1)c1cnc(N2CCN(c3ccc(F)cc3)CC2)nc1. The Labute approximate surface area is 161 Å². The number of amides is 1. The molecule has 144 valence electrons. The fourth-order valence-electron chi connectivity index (χ4n) is 3.10. The molecule has 1 saturated heterocycles. The van der Waals surface area contributed by atoms with E-state index in [2.05, 4.69) is 25.1 Å². The van der Waals surface area contributed by atoms with E-state index < -0.39 is 0 Å². The number of nitrogens with zero attached hydrogens (tertiary/aromatic N) is 4. The van der Waals surface area contributed by atoms with Crippen molar-refractivity contribution < 1.29 is 13.6 Å². The van der Waals surface area contributed by atoms with E-state index >= 15 is 0 Å². The largest absolute Gasteiger partial charge is 0.467 e. The van der Waals surface area contributed by atoms with E-state index in [0.717, 1.165) is 31.9 Å². The lowest BCUT2D eigenvalue weighted by Gasteiger charge is -2.36. The van der Waals surface area contributed by atoms with Gasteiger partial charge in [0.15, 0.2) is 0 Å². The number of hydrogen-bond donors (Lipinski definition) is 1. The molecular formula is C20H20FN5O2. The van der Waals surface area contributed by atoms with Gasteiger partial charge < -0.3 is 19.5 Å². The molecule has 0 atom stereocenters. The van der Waals surface area contributed by atoms with Crippen LogP contribution in [0.25, 0.3) is 0 Å². The van der Waals surface area contributed by atoms with Crippen molar-refractivity contribution in [2.75, 3.05) is 36.0 Å². The van der Waals surface area contributed by atoms with Crippen molar-refractivity contribution in [3.8, 4) is 0 Å². The summed E-state index contributed by atoms with van der Waals surface area (Å²) in [5, 5.41) is 2.77. The summed E-state index contributed by atoms with van der Waals surface area (Å²) < 4.78 is 18.3. The summed E-state index contributed by atoms with van der Waals surface area (Å²) in [6.45, 7) is 3.41. The Morgan fingerprint density at radius 3 is 2.36 bits per heavy atom. The van der Waals surface area contributed by atoms with Gasteiger partial charge in [-0.3, -0.25) is 4.79 Å². The highest BCUT2D eigenvalue weighted by Crippen LogP contribution is 2.18. The van der Waals surface area contributed by atoms with Gasteiger partial charge in [-0.25, -0.2) is 14.4 Å². The van der Waals surface area contributed by atoms with Gasteiger partial charge in [-0.1, -0.05) is 0 Å². The van der Waals surface area contributed by atoms with Crippen LogP contribution in [0.1, 0.15) is 16.1 Å². The first kappa shape index (κ1) is 18.0. The van der Waals surface area contributed by atoms with Gasteiger partial charge in [0.2, 0.25) is 5.95 Å². The smallest absolute Gasteiger partial charge is 0.254 e. The average Bonchev–Trinajstić information content (AvgIpc) is 3.27. The normalized spacial score (nSPS) is 14.2. The van der Waals surface area contributed by atoms with E-state index in [1.165, 1.54) is 24.5 Å². The second kappa shape index (κ2) is 8.08. The Bertz CT molecular complexity index is 905. The molecule has 7 nitrogen and oxygen atoms in total. The van der Waals surface area contributed by atoms with E-state index in [1.54, 1.807) is 30.5 Å². The van der Waals surface area contributed by atoms with Crippen molar-refractivity contribution in [1.82, 2.24) is 15.3 Å². The molecule has 1 aromatic carbocycles. The number of anilines is 2. The van der Waals surface area contributed by atoms with Crippen molar-refractivity contribution in [3.05, 3.63) is 72.2 Å². The van der Waals surface area contributed by atoms with Gasteiger partial charge in [0, 0.05) is 44.3 Å². The molecule has 0 bridgehead atoms. The average molecular weight is 381 g/mol. The van der Waals surface area contributed by atoms with Gasteiger partial charge in [0.05, 0.1) is 18.4 Å². The second-order valence-electron chi connectivity index (χ2n) is 6.48. The first-order valence-corrected chi connectivity index (χ1v) is 9.07. The van der Waals surface area contributed by atoms with Gasteiger partial charge in [0.25, 0.3) is 5.91 Å². The Morgan fingerprint density at radius 2 is 1.71 bits per heavy atom. The molecule has 0 radical (unpaired) electrons. The van der Waals surface area contributed by atoms with Crippen LogP contribution in [0, 0.1) is 5.82 Å². The topological polar surface area (TPSA) is 74.5 Å². The summed E-state index contributed by atoms with van der Waals surface area (Å²) >= 11 is 0. The summed E-state index contributed by atoms with van der Waals surface area (Å²) in [5.41, 5.74) is 1.41. The Morgan fingerprint density at radius 1 is 1.04 bits per heavy atom. The third-order valence-corrected chi connectivity index (χ3v) is 4.66. The van der Waals surface area contributed by atoms with Crippen LogP contribution >= 0.6 is 0 Å². The summed E-state index contributed by atoms with van der Waals surface area (Å²) in [7, 11) is 0. The molecule has 2 aromatic heterocycles. The zero-order valence-corrected chi connectivity index (χ0v) is 15.2. The standard InChI is InChI=1S/C20H20FN5O2/c21-16-3-5-17(6-4-16)25-7-9-26(10-8-25)20-23-12-15(13-24-20)19(27)22-14-18-2-1-11-28-18/h1-6,11-13H,7-10,14H2,(H,22,27). The molecule has 1 aliphatic heterocycles. The Balaban J connectivity index is 1.31. The highest BCUT2D eigenvalue weighted by molar-refractivity contribution is 5.93. The molecule has 0 unspecified atom stereocenters. The Hall–Kier alpha value is -3.42. The lowest BCUT2D eigenvalue weighted by Crippen LogP contribution is -2.47. The second-order valence-corrected chi connectivity index (χ2v) is 6.48. The van der Waals surface area contributed by atoms with Crippen molar-refractivity contribution in [2.24, 2.45) is 0 Å². The minimum Gasteiger partial charge on any atom is -0.467 e. The minimum atomic E-state index is -0.246. The highest BCUT2D eigenvalue weighted by atomic mass is 19.1. The maximum atomic E-state index is 13.1. The molecule has 8 heteroatoms. The van der Waals surface area contributed by atoms with Crippen molar-refractivity contribution in [1.29, 1.82) is 0 Å². The molecule has 3 heterocycles. The Kier molecular flexibility index (Phi) is 5.18. The van der Waals surface area contributed by atoms with Gasteiger partial charge in [-0.15, -0.1) is 0 Å². The molecule has 0 saturated carbocycles. The van der Waals surface area contributed by atoms with Gasteiger partial charge in [-0.2, -0.15) is 0 Å². The quantitative estimate of drug-likeness (QED) is 0.732. The summed E-state index contributed by atoms with van der Waals surface area (Å²) in [6.07, 6.45) is 4.63. The lowest BCUT2D eigenvalue weighted by atomic mass is 10.2. The van der Waals surface area contributed by atoms with Crippen LogP contribution in [0.3, 0.4) is 0 Å². The van der Waals surface area contributed by atoms with Crippen LogP contribution in [0.2, 0.25) is 0 Å². The number of piperazine rings is 1. The molecule has 28 heavy (non-hydrogen) atoms. The third-order valence-electron chi connectivity index (χ3n) is 4.66. The number of carbonyl (C=O) groups excluding carboxylic acids is 1. The number of hydrogen-bond acceptors (Lipinski definition) is 6. The van der Waals surface area contributed by atoms with Crippen LogP contribution in [-0.4, -0.2) is 42.1 Å². The number of carbonyl (C=O) groups is 1. The van der Waals surface area contributed by atoms with Crippen LogP contribution in [-0.2, 0) is 6.54 Å². The van der Waals surface area contributed by atoms with E-state index in [4.69, 9.17) is 4.42 Å². The van der Waals surface area contributed by atoms with Crippen molar-refractivity contribution in [2.45, 2.75) is 6.54 Å². The van der Waals surface area contributed by atoms with Crippen LogP contribution in [0.5, 0.6) is 0 Å². The molecule has 1 fully saturated rings. The minimum absolute atomic E-state index is 0.232. The maximum Gasteiger partial charge on any atom is 0.254 e. The maximum absolute atomic E-state index is 13.1. The first-order chi connectivity index (χ1) is 13.7. The van der Waals surface area contributed by atoms with Gasteiger partial charge in [0.1, 0.15) is 11.6 Å². The monoisotopic (exact) mass is 381 g/mol. The number of rotatable bonds is 5. The van der Waals surface area contributed by atoms with Gasteiger partial charge in [-0.05, 0) is 36.4 Å². The highest BCUT2D eigenvalue weighted by Gasteiger charge is 2.19. The number of nitrogens with one attached hydrogen (secondary N) is 1. The molecular weight excluding hydrogens is 361 g/mol. The van der Waals surface area contributed by atoms with E-state index in [-0.39, 0.29) is 11.7 Å². The fraction of sp³-hybridized carbons (Fsp3) is 0.250. The predicted molar refractivity (Wildman–Crippen MR) is 103 cm³/mol. The lowest BCUT2D eigenvalue weighted by molar-refractivity contribution is 0.0947. The molecule has 1 N–H and O–H groups in total. The zero-order valence-electron chi connectivity index (χ0n) is 15.2. The van der Waals surface area contributed by atoms with Crippen LogP contribution in [0.15, 0.2) is 59.5 Å². The number of aromatic nitrogens is 2. The third kappa shape index (κ3) is 4.11. The fourth-order valence-corrected chi connectivity index (χ4v) is 3.10. The molecule has 1 aliphatic rings. The van der Waals surface area contributed by atoms with E-state index in [0.29, 0.717) is 23.8 Å². The molecule has 3 aromatic rings. The molecule has 0 spiro atoms. The van der Waals surface area contributed by atoms with Crippen molar-refractivity contribution >= 4 is 17.5 Å². The predicted octanol–water partition coefficient (Wildman–Crippen LogP) is 2.47. The van der Waals surface area contributed by atoms with Crippen molar-refractivity contribution in [3.63, 3.8) is 0 Å². The van der Waals surface area contributed by atoms with E-state index in [1.807, 2.05) is 0 Å². The molecule has 1 amide bonds. The van der Waals surface area contributed by atoms with Crippen LogP contribution < -0.4 is 15.1 Å². The van der Waals surface area contributed by atoms with E-state index in [9.17, 15) is 9.18 Å². The molecule has 4 rings (SSSR count). The summed E-state index contributed by atoms with van der Waals surface area (Å²) in [6, 6.07) is 10.1. The number of halogens is 1. The number of furan rings is 1. The van der Waals surface area contributed by atoms with Gasteiger partial charge >= 0.3 is 0 Å². The summed E-state index contributed by atoms with van der Waals surface area (Å²) in [5.74, 6) is 0.805. The first-order valence-electron chi connectivity index (χ1n) is 9.07. The summed E-state index contributed by atoms with van der Waals surface area (Å²) in [4.78, 5) is 25.1. The number of benzene rings is 1.